The van der Waals surface area contributed by atoms with E-state index in [1.54, 1.807) is 30.3 Å². The van der Waals surface area contributed by atoms with Gasteiger partial charge in [-0.15, -0.1) is 0 Å². The molecule has 1 aromatic carbocycles. The van der Waals surface area contributed by atoms with Gasteiger partial charge in [-0.2, -0.15) is 0 Å². The average molecular weight is 294 g/mol. The lowest BCUT2D eigenvalue weighted by atomic mass is 10.4. The van der Waals surface area contributed by atoms with Gasteiger partial charge < -0.3 is 0 Å². The van der Waals surface area contributed by atoms with E-state index in [0.717, 1.165) is 0 Å². The quantitative estimate of drug-likeness (QED) is 0.785. The van der Waals surface area contributed by atoms with Crippen LogP contribution in [0.15, 0.2) is 44.7 Å². The summed E-state index contributed by atoms with van der Waals surface area (Å²) in [4.78, 5) is 0.331. The molecule has 2 nitrogen and oxygen atoms in total. The van der Waals surface area contributed by atoms with Crippen molar-refractivity contribution in [3.05, 3.63) is 39.8 Å². The lowest BCUT2D eigenvalue weighted by Gasteiger charge is -1.95. The second kappa shape index (κ2) is 4.04. The molecule has 12 heavy (non-hydrogen) atoms. The zero-order chi connectivity index (χ0) is 9.03. The molecule has 1 aromatic rings. The van der Waals surface area contributed by atoms with Crippen LogP contribution in [0.3, 0.4) is 0 Å². The first kappa shape index (κ1) is 9.73. The SMILES string of the molecule is O=S(=O)(C=CI)c1ccccc1. The Hall–Kier alpha value is -0.360. The third-order valence-electron chi connectivity index (χ3n) is 1.30. The van der Waals surface area contributed by atoms with Crippen LogP contribution in [-0.2, 0) is 9.84 Å². The Labute approximate surface area is 85.4 Å². The molecule has 0 aliphatic carbocycles. The van der Waals surface area contributed by atoms with Crippen molar-refractivity contribution in [2.75, 3.05) is 0 Å². The standard InChI is InChI=1S/C8H7IO2S/c9-6-7-12(10,11)8-4-2-1-3-5-8/h1-7H. The molecule has 0 atom stereocenters. The number of sulfone groups is 1. The minimum atomic E-state index is -3.20. The van der Waals surface area contributed by atoms with Crippen LogP contribution in [0.4, 0.5) is 0 Å². The van der Waals surface area contributed by atoms with Gasteiger partial charge in [0.2, 0.25) is 0 Å². The second-order valence-electron chi connectivity index (χ2n) is 2.12. The maximum Gasteiger partial charge on any atom is 0.200 e. The van der Waals surface area contributed by atoms with Crippen LogP contribution in [0, 0.1) is 0 Å². The molecule has 64 valence electrons. The second-order valence-corrected chi connectivity index (χ2v) is 4.67. The van der Waals surface area contributed by atoms with Gasteiger partial charge in [0, 0.05) is 5.41 Å². The van der Waals surface area contributed by atoms with Gasteiger partial charge in [-0.3, -0.25) is 0 Å². The van der Waals surface area contributed by atoms with E-state index in [1.165, 1.54) is 9.49 Å². The average Bonchev–Trinajstić information content (AvgIpc) is 2.06. The van der Waals surface area contributed by atoms with Crippen molar-refractivity contribution in [2.45, 2.75) is 4.90 Å². The Morgan fingerprint density at radius 2 is 1.75 bits per heavy atom. The minimum Gasteiger partial charge on any atom is -0.219 e. The Bertz CT molecular complexity index is 367. The molecular formula is C8H7IO2S. The molecule has 0 saturated carbocycles. The van der Waals surface area contributed by atoms with Crippen molar-refractivity contribution in [3.63, 3.8) is 0 Å². The summed E-state index contributed by atoms with van der Waals surface area (Å²) >= 11 is 1.88. The van der Waals surface area contributed by atoms with Crippen LogP contribution >= 0.6 is 22.6 Å². The van der Waals surface area contributed by atoms with Gasteiger partial charge in [-0.1, -0.05) is 40.8 Å². The van der Waals surface area contributed by atoms with E-state index in [2.05, 4.69) is 0 Å². The highest BCUT2D eigenvalue weighted by Gasteiger charge is 2.07. The minimum absolute atomic E-state index is 0.331. The van der Waals surface area contributed by atoms with Crippen LogP contribution < -0.4 is 0 Å². The molecule has 0 unspecified atom stereocenters. The first-order valence-corrected chi connectivity index (χ1v) is 6.03. The smallest absolute Gasteiger partial charge is 0.200 e. The highest BCUT2D eigenvalue weighted by Crippen LogP contribution is 2.11. The van der Waals surface area contributed by atoms with Gasteiger partial charge in [0.15, 0.2) is 9.84 Å². The highest BCUT2D eigenvalue weighted by atomic mass is 127. The molecule has 0 N–H and O–H groups in total. The maximum atomic E-state index is 11.3. The number of halogens is 1. The Balaban J connectivity index is 3.16. The largest absolute Gasteiger partial charge is 0.219 e. The number of hydrogen-bond acceptors (Lipinski definition) is 2. The van der Waals surface area contributed by atoms with Crippen molar-refractivity contribution in [2.24, 2.45) is 0 Å². The molecule has 0 saturated heterocycles. The highest BCUT2D eigenvalue weighted by molar-refractivity contribution is 14.1. The van der Waals surface area contributed by atoms with Crippen LogP contribution in [0.1, 0.15) is 0 Å². The van der Waals surface area contributed by atoms with Crippen LogP contribution in [0.2, 0.25) is 0 Å². The first-order chi connectivity index (χ1) is 5.67. The zero-order valence-corrected chi connectivity index (χ0v) is 9.12. The normalized spacial score (nSPS) is 12.1. The fourth-order valence-electron chi connectivity index (χ4n) is 0.756. The van der Waals surface area contributed by atoms with Gasteiger partial charge >= 0.3 is 0 Å². The Kier molecular flexibility index (Phi) is 3.28. The summed E-state index contributed by atoms with van der Waals surface area (Å²) in [5, 5.41) is 1.18. The molecule has 0 amide bonds. The summed E-state index contributed by atoms with van der Waals surface area (Å²) in [7, 11) is -3.20. The van der Waals surface area contributed by atoms with Crippen LogP contribution in [-0.4, -0.2) is 8.42 Å². The topological polar surface area (TPSA) is 34.1 Å². The molecule has 0 aromatic heterocycles. The predicted octanol–water partition coefficient (Wildman–Crippen LogP) is 2.37. The summed E-state index contributed by atoms with van der Waals surface area (Å²) in [6.07, 6.45) is 0. The molecule has 0 aliphatic heterocycles. The fraction of sp³-hybridized carbons (Fsp3) is 0. The monoisotopic (exact) mass is 294 g/mol. The van der Waals surface area contributed by atoms with Crippen molar-refractivity contribution in [1.82, 2.24) is 0 Å². The van der Waals surface area contributed by atoms with Crippen molar-refractivity contribution in [3.8, 4) is 0 Å². The third kappa shape index (κ3) is 2.31. The molecule has 1 rings (SSSR count). The lowest BCUT2D eigenvalue weighted by molar-refractivity contribution is 0.604. The number of rotatable bonds is 2. The molecule has 0 spiro atoms. The van der Waals surface area contributed by atoms with E-state index in [0.29, 0.717) is 4.90 Å². The summed E-state index contributed by atoms with van der Waals surface area (Å²) in [6, 6.07) is 8.34. The van der Waals surface area contributed by atoms with Crippen molar-refractivity contribution in [1.29, 1.82) is 0 Å². The fourth-order valence-corrected chi connectivity index (χ4v) is 2.75. The zero-order valence-electron chi connectivity index (χ0n) is 6.14. The van der Waals surface area contributed by atoms with E-state index in [-0.39, 0.29) is 0 Å². The maximum absolute atomic E-state index is 11.3. The third-order valence-corrected chi connectivity index (χ3v) is 3.57. The molecule has 4 heteroatoms. The van der Waals surface area contributed by atoms with Crippen LogP contribution in [0.25, 0.3) is 0 Å². The van der Waals surface area contributed by atoms with Gasteiger partial charge in [-0.05, 0) is 16.2 Å². The van der Waals surface area contributed by atoms with Gasteiger partial charge in [0.25, 0.3) is 0 Å². The summed E-state index contributed by atoms with van der Waals surface area (Å²) in [5.74, 6) is 0. The molecule has 0 bridgehead atoms. The summed E-state index contributed by atoms with van der Waals surface area (Å²) < 4.78 is 24.2. The van der Waals surface area contributed by atoms with Gasteiger partial charge in [0.1, 0.15) is 0 Å². The van der Waals surface area contributed by atoms with Crippen molar-refractivity contribution >= 4 is 32.4 Å². The summed E-state index contributed by atoms with van der Waals surface area (Å²) in [6.45, 7) is 0. The summed E-state index contributed by atoms with van der Waals surface area (Å²) in [5.41, 5.74) is 0. The predicted molar refractivity (Wildman–Crippen MR) is 56.8 cm³/mol. The molecule has 0 aliphatic rings. The van der Waals surface area contributed by atoms with Gasteiger partial charge in [-0.25, -0.2) is 8.42 Å². The van der Waals surface area contributed by atoms with E-state index in [9.17, 15) is 8.42 Å². The molecule has 0 radical (unpaired) electrons. The van der Waals surface area contributed by atoms with E-state index < -0.39 is 9.84 Å². The van der Waals surface area contributed by atoms with Crippen LogP contribution in [0.5, 0.6) is 0 Å². The first-order valence-electron chi connectivity index (χ1n) is 3.24. The molecular weight excluding hydrogens is 287 g/mol. The van der Waals surface area contributed by atoms with E-state index >= 15 is 0 Å². The van der Waals surface area contributed by atoms with E-state index in [4.69, 9.17) is 0 Å². The Morgan fingerprint density at radius 3 is 2.25 bits per heavy atom. The molecule has 0 heterocycles. The lowest BCUT2D eigenvalue weighted by Crippen LogP contribution is -1.94. The van der Waals surface area contributed by atoms with Gasteiger partial charge in [0.05, 0.1) is 4.90 Å². The van der Waals surface area contributed by atoms with Crippen molar-refractivity contribution < 1.29 is 8.42 Å². The number of hydrogen-bond donors (Lipinski definition) is 0. The van der Waals surface area contributed by atoms with E-state index in [1.807, 2.05) is 22.6 Å². The molecule has 0 fully saturated rings. The number of benzene rings is 1. The Morgan fingerprint density at radius 1 is 1.17 bits per heavy atom.